The highest BCUT2D eigenvalue weighted by atomic mass is 32.2. The lowest BCUT2D eigenvalue weighted by atomic mass is 9.93. The number of rotatable bonds is 3. The fourth-order valence-corrected chi connectivity index (χ4v) is 2.47. The second-order valence-corrected chi connectivity index (χ2v) is 5.25. The zero-order chi connectivity index (χ0) is 14.0. The molecule has 8 heteroatoms. The number of allylic oxidation sites excluding steroid dienone is 2. The van der Waals surface area contributed by atoms with Gasteiger partial charge in [0.2, 0.25) is 4.75 Å². The maximum atomic E-state index is 11.6. The summed E-state index contributed by atoms with van der Waals surface area (Å²) in [4.78, 5) is 22.9. The van der Waals surface area contributed by atoms with Crippen LogP contribution >= 0.6 is 0 Å². The molecule has 0 spiro atoms. The van der Waals surface area contributed by atoms with Crippen molar-refractivity contribution in [2.24, 2.45) is 0 Å². The third kappa shape index (κ3) is 2.29. The van der Waals surface area contributed by atoms with Gasteiger partial charge in [0.05, 0.1) is 14.2 Å². The Kier molecular flexibility index (Phi) is 3.92. The van der Waals surface area contributed by atoms with E-state index in [-0.39, 0.29) is 5.57 Å². The third-order valence-corrected chi connectivity index (χ3v) is 3.92. The van der Waals surface area contributed by atoms with E-state index in [1.54, 1.807) is 0 Å². The maximum Gasteiger partial charge on any atom is 0.334 e. The Morgan fingerprint density at radius 3 is 2.39 bits per heavy atom. The van der Waals surface area contributed by atoms with Crippen molar-refractivity contribution in [2.75, 3.05) is 14.2 Å². The molecule has 1 N–H and O–H groups in total. The van der Waals surface area contributed by atoms with Crippen LogP contribution in [0.2, 0.25) is 0 Å². The van der Waals surface area contributed by atoms with Crippen LogP contribution in [0.5, 0.6) is 0 Å². The van der Waals surface area contributed by atoms with Crippen molar-refractivity contribution in [1.29, 1.82) is 0 Å². The summed E-state index contributed by atoms with van der Waals surface area (Å²) in [6.07, 6.45) is 2.92. The first-order chi connectivity index (χ1) is 8.28. The highest BCUT2D eigenvalue weighted by Gasteiger charge is 2.51. The van der Waals surface area contributed by atoms with Crippen LogP contribution in [-0.2, 0) is 29.2 Å². The number of hydrogen-bond acceptors (Lipinski definition) is 6. The van der Waals surface area contributed by atoms with Gasteiger partial charge in [-0.15, -0.1) is 0 Å². The van der Waals surface area contributed by atoms with Crippen LogP contribution in [-0.4, -0.2) is 43.9 Å². The van der Waals surface area contributed by atoms with Gasteiger partial charge in [0.1, 0.15) is 0 Å². The minimum atomic E-state index is -4.78. The van der Waals surface area contributed by atoms with Gasteiger partial charge in [-0.1, -0.05) is 12.2 Å². The zero-order valence-electron chi connectivity index (χ0n) is 9.74. The average molecular weight is 276 g/mol. The molecule has 1 aliphatic rings. The first-order valence-corrected chi connectivity index (χ1v) is 6.24. The van der Waals surface area contributed by atoms with Gasteiger partial charge in [0.15, 0.2) is 0 Å². The molecule has 0 aromatic rings. The molecule has 1 unspecified atom stereocenters. The second kappa shape index (κ2) is 4.91. The van der Waals surface area contributed by atoms with Gasteiger partial charge in [-0.3, -0.25) is 4.55 Å². The Hall–Kier alpha value is -1.67. The Bertz CT molecular complexity index is 528. The molecule has 0 amide bonds. The molecule has 0 heterocycles. The number of carbonyl (C=O) groups is 2. The first kappa shape index (κ1) is 14.4. The van der Waals surface area contributed by atoms with E-state index < -0.39 is 33.2 Å². The number of ether oxygens (including phenoxy) is 2. The maximum absolute atomic E-state index is 11.6. The fraction of sp³-hybridized carbons (Fsp3) is 0.400. The summed E-state index contributed by atoms with van der Waals surface area (Å²) in [5.41, 5.74) is -0.0528. The molecule has 18 heavy (non-hydrogen) atoms. The molecule has 0 fully saturated rings. The Morgan fingerprint density at radius 1 is 1.33 bits per heavy atom. The molecule has 0 bridgehead atoms. The molecular formula is C10H12O7S. The molecule has 1 aliphatic carbocycles. The normalized spacial score (nSPS) is 23.2. The number of carbonyl (C=O) groups excluding carboxylic acids is 2. The van der Waals surface area contributed by atoms with Crippen LogP contribution < -0.4 is 0 Å². The van der Waals surface area contributed by atoms with E-state index in [1.165, 1.54) is 12.2 Å². The van der Waals surface area contributed by atoms with Gasteiger partial charge in [-0.05, 0) is 6.08 Å². The summed E-state index contributed by atoms with van der Waals surface area (Å²) in [6, 6.07) is 0. The third-order valence-electron chi connectivity index (χ3n) is 2.55. The van der Waals surface area contributed by atoms with Crippen molar-refractivity contribution in [3.05, 3.63) is 23.8 Å². The van der Waals surface area contributed by atoms with Gasteiger partial charge < -0.3 is 9.47 Å². The monoisotopic (exact) mass is 276 g/mol. The minimum absolute atomic E-state index is 0.0528. The number of methoxy groups -OCH3 is 2. The summed E-state index contributed by atoms with van der Waals surface area (Å²) in [5, 5.41) is 0. The van der Waals surface area contributed by atoms with Crippen molar-refractivity contribution in [1.82, 2.24) is 0 Å². The molecule has 1 rings (SSSR count). The van der Waals surface area contributed by atoms with E-state index in [4.69, 9.17) is 0 Å². The van der Waals surface area contributed by atoms with Gasteiger partial charge in [-0.2, -0.15) is 8.42 Å². The van der Waals surface area contributed by atoms with Gasteiger partial charge in [0.25, 0.3) is 10.1 Å². The lowest BCUT2D eigenvalue weighted by Crippen LogP contribution is -2.47. The van der Waals surface area contributed by atoms with Crippen molar-refractivity contribution in [2.45, 2.75) is 11.2 Å². The van der Waals surface area contributed by atoms with Gasteiger partial charge >= 0.3 is 11.9 Å². The van der Waals surface area contributed by atoms with E-state index in [1.807, 2.05) is 0 Å². The topological polar surface area (TPSA) is 107 Å². The zero-order valence-corrected chi connectivity index (χ0v) is 10.6. The number of esters is 2. The predicted molar refractivity (Wildman–Crippen MR) is 60.2 cm³/mol. The fourth-order valence-electron chi connectivity index (χ4n) is 1.59. The molecule has 7 nitrogen and oxygen atoms in total. The summed E-state index contributed by atoms with van der Waals surface area (Å²) in [5.74, 6) is -1.95. The van der Waals surface area contributed by atoms with Crippen LogP contribution in [0, 0.1) is 0 Å². The molecule has 0 aromatic heterocycles. The van der Waals surface area contributed by atoms with Gasteiger partial charge in [-0.25, -0.2) is 9.59 Å². The highest BCUT2D eigenvalue weighted by Crippen LogP contribution is 2.32. The predicted octanol–water partition coefficient (Wildman–Crippen LogP) is -0.155. The standard InChI is InChI=1S/C10H12O7S/c1-16-8(11)7-4-3-5-10(6-7,9(12)17-2)18(13,14)15/h3-5H,6H2,1-2H3,(H,13,14,15). The lowest BCUT2D eigenvalue weighted by Gasteiger charge is -2.26. The molecule has 0 radical (unpaired) electrons. The molecule has 0 saturated heterocycles. The minimum Gasteiger partial charge on any atom is -0.468 e. The largest absolute Gasteiger partial charge is 0.468 e. The average Bonchev–Trinajstić information content (AvgIpc) is 2.35. The highest BCUT2D eigenvalue weighted by molar-refractivity contribution is 7.88. The van der Waals surface area contributed by atoms with Crippen molar-refractivity contribution >= 4 is 22.1 Å². The van der Waals surface area contributed by atoms with E-state index >= 15 is 0 Å². The molecule has 0 aliphatic heterocycles. The quantitative estimate of drug-likeness (QED) is 0.564. The van der Waals surface area contributed by atoms with Crippen LogP contribution in [0.15, 0.2) is 23.8 Å². The molecule has 100 valence electrons. The molecule has 0 aromatic carbocycles. The summed E-state index contributed by atoms with van der Waals surface area (Å²) < 4.78 is 38.5. The molecular weight excluding hydrogens is 264 g/mol. The van der Waals surface area contributed by atoms with Crippen molar-refractivity contribution in [3.8, 4) is 0 Å². The van der Waals surface area contributed by atoms with E-state index in [9.17, 15) is 22.6 Å². The van der Waals surface area contributed by atoms with Crippen molar-refractivity contribution < 1.29 is 32.0 Å². The molecule has 1 atom stereocenters. The lowest BCUT2D eigenvalue weighted by molar-refractivity contribution is -0.142. The SMILES string of the molecule is COC(=O)C1=CC=CC(C(=O)OC)(S(=O)(=O)O)C1. The van der Waals surface area contributed by atoms with E-state index in [0.29, 0.717) is 0 Å². The number of hydrogen-bond donors (Lipinski definition) is 1. The van der Waals surface area contributed by atoms with E-state index in [2.05, 4.69) is 9.47 Å². The van der Waals surface area contributed by atoms with Gasteiger partial charge in [0, 0.05) is 12.0 Å². The Labute approximate surface area is 104 Å². The van der Waals surface area contributed by atoms with Crippen LogP contribution in [0.25, 0.3) is 0 Å². The van der Waals surface area contributed by atoms with Crippen LogP contribution in [0.3, 0.4) is 0 Å². The summed E-state index contributed by atoms with van der Waals surface area (Å²) in [6.45, 7) is 0. The van der Waals surface area contributed by atoms with Crippen molar-refractivity contribution in [3.63, 3.8) is 0 Å². The van der Waals surface area contributed by atoms with E-state index in [0.717, 1.165) is 20.3 Å². The van der Waals surface area contributed by atoms with Crippen LogP contribution in [0.1, 0.15) is 6.42 Å². The van der Waals surface area contributed by atoms with Crippen LogP contribution in [0.4, 0.5) is 0 Å². The summed E-state index contributed by atoms with van der Waals surface area (Å²) >= 11 is 0. The molecule has 0 saturated carbocycles. The summed E-state index contributed by atoms with van der Waals surface area (Å²) in [7, 11) is -2.68. The second-order valence-electron chi connectivity index (χ2n) is 3.58. The smallest absolute Gasteiger partial charge is 0.334 e. The Morgan fingerprint density at radius 2 is 1.94 bits per heavy atom. The first-order valence-electron chi connectivity index (χ1n) is 4.80. The Balaban J connectivity index is 3.28.